The van der Waals surface area contributed by atoms with Gasteiger partial charge in [-0.25, -0.2) is 8.42 Å². The highest BCUT2D eigenvalue weighted by molar-refractivity contribution is 7.93. The molecule has 0 saturated heterocycles. The van der Waals surface area contributed by atoms with E-state index in [4.69, 9.17) is 22.1 Å². The third kappa shape index (κ3) is 5.27. The van der Waals surface area contributed by atoms with Crippen molar-refractivity contribution >= 4 is 49.6 Å². The van der Waals surface area contributed by atoms with E-state index in [9.17, 15) is 23.1 Å². The molecule has 1 aromatic carbocycles. The van der Waals surface area contributed by atoms with Crippen LogP contribution in [0.2, 0.25) is 5.02 Å². The van der Waals surface area contributed by atoms with Gasteiger partial charge in [0, 0.05) is 6.07 Å². The molecule has 2 aromatic rings. The van der Waals surface area contributed by atoms with E-state index in [1.165, 1.54) is 32.0 Å². The number of nitrogens with one attached hydrogen (secondary N) is 1. The van der Waals surface area contributed by atoms with Crippen LogP contribution < -0.4 is 15.8 Å². The van der Waals surface area contributed by atoms with E-state index >= 15 is 0 Å². The molecule has 0 fully saturated rings. The van der Waals surface area contributed by atoms with Gasteiger partial charge in [-0.05, 0) is 45.9 Å². The molecule has 0 saturated carbocycles. The number of carbonyl (C=O) groups is 2. The van der Waals surface area contributed by atoms with Crippen LogP contribution in [0.5, 0.6) is 5.75 Å². The topological polar surface area (TPSA) is 136 Å². The Morgan fingerprint density at radius 3 is 2.38 bits per heavy atom. The highest BCUT2D eigenvalue weighted by Crippen LogP contribution is 2.38. The third-order valence-corrected chi connectivity index (χ3v) is 7.35. The highest BCUT2D eigenvalue weighted by atomic mass is 35.5. The van der Waals surface area contributed by atoms with Crippen LogP contribution in [0.4, 0.5) is 5.00 Å². The molecular formula is C18H21ClN2O6S2. The average Bonchev–Trinajstić information content (AvgIpc) is 2.98. The predicted molar refractivity (Wildman–Crippen MR) is 110 cm³/mol. The lowest BCUT2D eigenvalue weighted by molar-refractivity contribution is -0.130. The zero-order chi connectivity index (χ0) is 22.1. The van der Waals surface area contributed by atoms with Crippen LogP contribution in [0.1, 0.15) is 38.1 Å². The molecule has 0 unspecified atom stereocenters. The number of ether oxygens (including phenoxy) is 1. The fourth-order valence-electron chi connectivity index (χ4n) is 2.19. The number of halogens is 1. The number of primary amides is 1. The van der Waals surface area contributed by atoms with Gasteiger partial charge in [-0.1, -0.05) is 11.6 Å². The van der Waals surface area contributed by atoms with Crippen molar-refractivity contribution in [3.63, 3.8) is 0 Å². The molecule has 0 bridgehead atoms. The third-order valence-electron chi connectivity index (χ3n) is 3.59. The second kappa shape index (κ2) is 8.31. The van der Waals surface area contributed by atoms with E-state index in [1.54, 1.807) is 0 Å². The monoisotopic (exact) mass is 460 g/mol. The number of aliphatic hydroxyl groups is 1. The van der Waals surface area contributed by atoms with Gasteiger partial charge in [0.15, 0.2) is 0 Å². The number of hydrogen-bond acceptors (Lipinski definition) is 7. The normalized spacial score (nSPS) is 12.1. The molecule has 8 nitrogen and oxygen atoms in total. The number of thiophene rings is 1. The summed E-state index contributed by atoms with van der Waals surface area (Å²) in [5.41, 5.74) is 3.37. The van der Waals surface area contributed by atoms with Gasteiger partial charge in [-0.2, -0.15) is 0 Å². The Morgan fingerprint density at radius 2 is 1.90 bits per heavy atom. The Morgan fingerprint density at radius 1 is 1.28 bits per heavy atom. The molecule has 0 aliphatic heterocycles. The summed E-state index contributed by atoms with van der Waals surface area (Å²) < 4.78 is 31.3. The van der Waals surface area contributed by atoms with E-state index in [2.05, 4.69) is 5.32 Å². The molecule has 2 rings (SSSR count). The van der Waals surface area contributed by atoms with Crippen molar-refractivity contribution in [2.75, 3.05) is 5.32 Å². The minimum absolute atomic E-state index is 0.0562. The van der Waals surface area contributed by atoms with Crippen molar-refractivity contribution in [3.8, 4) is 5.75 Å². The average molecular weight is 461 g/mol. The molecule has 11 heteroatoms. The van der Waals surface area contributed by atoms with Gasteiger partial charge in [0.25, 0.3) is 11.8 Å². The predicted octanol–water partition coefficient (Wildman–Crippen LogP) is 2.83. The lowest BCUT2D eigenvalue weighted by atomic mass is 10.1. The molecule has 0 radical (unpaired) electrons. The zero-order valence-corrected chi connectivity index (χ0v) is 18.5. The SMILES string of the molecule is CC(C)Oc1ccc(S(=O)(=O)c2cc(C(N)=O)c(NC(=O)C(C)(C)O)s2)c(Cl)c1. The van der Waals surface area contributed by atoms with E-state index in [-0.39, 0.29) is 30.8 Å². The molecule has 0 aliphatic carbocycles. The van der Waals surface area contributed by atoms with Crippen molar-refractivity contribution < 1.29 is 27.9 Å². The maximum absolute atomic E-state index is 13.0. The number of amides is 2. The van der Waals surface area contributed by atoms with Gasteiger partial charge < -0.3 is 20.9 Å². The molecule has 0 spiro atoms. The molecule has 1 aromatic heterocycles. The number of benzene rings is 1. The second-order valence-corrected chi connectivity index (χ2v) is 10.6. The summed E-state index contributed by atoms with van der Waals surface area (Å²) in [6.45, 7) is 6.13. The standard InChI is InChI=1S/C18H21ClN2O6S2/c1-9(2)27-10-5-6-13(12(19)7-10)29(25,26)14-8-11(15(20)22)16(28-14)21-17(23)18(3,4)24/h5-9,24H,1-4H3,(H2,20,22)(H,21,23). The maximum atomic E-state index is 13.0. The largest absolute Gasteiger partial charge is 0.491 e. The van der Waals surface area contributed by atoms with Crippen molar-refractivity contribution in [2.45, 2.75) is 48.5 Å². The molecule has 2 amide bonds. The number of sulfone groups is 1. The summed E-state index contributed by atoms with van der Waals surface area (Å²) in [7, 11) is -4.11. The summed E-state index contributed by atoms with van der Waals surface area (Å²) in [6.07, 6.45) is -0.120. The molecule has 4 N–H and O–H groups in total. The van der Waals surface area contributed by atoms with Crippen LogP contribution in [-0.4, -0.2) is 37.0 Å². The first-order chi connectivity index (χ1) is 13.2. The maximum Gasteiger partial charge on any atom is 0.256 e. The lowest BCUT2D eigenvalue weighted by Crippen LogP contribution is -2.36. The minimum atomic E-state index is -4.11. The molecule has 29 heavy (non-hydrogen) atoms. The van der Waals surface area contributed by atoms with Crippen LogP contribution in [0.15, 0.2) is 33.4 Å². The Balaban J connectivity index is 2.49. The highest BCUT2D eigenvalue weighted by Gasteiger charge is 2.30. The Hall–Kier alpha value is -2.14. The first-order valence-corrected chi connectivity index (χ1v) is 11.1. The van der Waals surface area contributed by atoms with Gasteiger partial charge in [0.1, 0.15) is 20.6 Å². The zero-order valence-electron chi connectivity index (χ0n) is 16.1. The van der Waals surface area contributed by atoms with Crippen LogP contribution >= 0.6 is 22.9 Å². The number of carbonyl (C=O) groups excluding carboxylic acids is 2. The van der Waals surface area contributed by atoms with Crippen LogP contribution in [0, 0.1) is 0 Å². The lowest BCUT2D eigenvalue weighted by Gasteiger charge is -2.16. The first kappa shape index (κ1) is 23.1. The van der Waals surface area contributed by atoms with E-state index in [0.29, 0.717) is 17.1 Å². The summed E-state index contributed by atoms with van der Waals surface area (Å²) in [4.78, 5) is 23.6. The number of hydrogen-bond donors (Lipinski definition) is 3. The van der Waals surface area contributed by atoms with Crippen LogP contribution in [-0.2, 0) is 14.6 Å². The van der Waals surface area contributed by atoms with Crippen molar-refractivity contribution in [2.24, 2.45) is 5.73 Å². The van der Waals surface area contributed by atoms with E-state index < -0.39 is 27.3 Å². The van der Waals surface area contributed by atoms with Gasteiger partial charge in [0.05, 0.1) is 21.6 Å². The van der Waals surface area contributed by atoms with Crippen LogP contribution in [0.3, 0.4) is 0 Å². The van der Waals surface area contributed by atoms with Gasteiger partial charge in [-0.15, -0.1) is 11.3 Å². The summed E-state index contributed by atoms with van der Waals surface area (Å²) >= 11 is 6.79. The van der Waals surface area contributed by atoms with Crippen molar-refractivity contribution in [3.05, 3.63) is 34.9 Å². The van der Waals surface area contributed by atoms with Crippen molar-refractivity contribution in [1.29, 1.82) is 0 Å². The molecule has 0 atom stereocenters. The summed E-state index contributed by atoms with van der Waals surface area (Å²) in [5, 5.41) is 12.0. The summed E-state index contributed by atoms with van der Waals surface area (Å²) in [6, 6.07) is 5.22. The minimum Gasteiger partial charge on any atom is -0.491 e. The Labute approximate surface area is 177 Å². The quantitative estimate of drug-likeness (QED) is 0.581. The number of anilines is 1. The molecule has 158 valence electrons. The van der Waals surface area contributed by atoms with Gasteiger partial charge in [-0.3, -0.25) is 9.59 Å². The summed E-state index contributed by atoms with van der Waals surface area (Å²) in [5.74, 6) is -1.34. The first-order valence-electron chi connectivity index (χ1n) is 8.42. The van der Waals surface area contributed by atoms with Crippen molar-refractivity contribution in [1.82, 2.24) is 0 Å². The van der Waals surface area contributed by atoms with E-state index in [1.807, 2.05) is 13.8 Å². The fraction of sp³-hybridized carbons (Fsp3) is 0.333. The number of nitrogens with two attached hydrogens (primary N) is 1. The Kier molecular flexibility index (Phi) is 6.63. The second-order valence-electron chi connectivity index (χ2n) is 6.95. The smallest absolute Gasteiger partial charge is 0.256 e. The molecule has 1 heterocycles. The molecular weight excluding hydrogens is 440 g/mol. The fourth-order valence-corrected chi connectivity index (χ4v) is 5.46. The van der Waals surface area contributed by atoms with E-state index in [0.717, 1.165) is 6.07 Å². The molecule has 0 aliphatic rings. The Bertz CT molecular complexity index is 1050. The van der Waals surface area contributed by atoms with Gasteiger partial charge in [0.2, 0.25) is 9.84 Å². The number of rotatable bonds is 7. The van der Waals surface area contributed by atoms with Gasteiger partial charge >= 0.3 is 0 Å². The van der Waals surface area contributed by atoms with Crippen LogP contribution in [0.25, 0.3) is 0 Å².